The first kappa shape index (κ1) is 52.8. The Morgan fingerprint density at radius 1 is 0.929 bits per heavy atom. The lowest BCUT2D eigenvalue weighted by Crippen LogP contribution is -2.61. The second-order valence-corrected chi connectivity index (χ2v) is 20.6. The van der Waals surface area contributed by atoms with Crippen molar-refractivity contribution in [3.63, 3.8) is 0 Å². The highest BCUT2D eigenvalue weighted by Gasteiger charge is 2.60. The number of para-hydroxylation sites is 1. The Morgan fingerprint density at radius 2 is 1.64 bits per heavy atom. The van der Waals surface area contributed by atoms with E-state index in [0.717, 1.165) is 42.5 Å². The zero-order valence-electron chi connectivity index (χ0n) is 42.7. The summed E-state index contributed by atoms with van der Waals surface area (Å²) >= 11 is 0. The van der Waals surface area contributed by atoms with E-state index in [1.165, 1.54) is 6.92 Å². The summed E-state index contributed by atoms with van der Waals surface area (Å²) in [5, 5.41) is 0.976. The highest BCUT2D eigenvalue weighted by molar-refractivity contribution is 6.00. The average Bonchev–Trinajstić information content (AvgIpc) is 3.59. The number of hydrogen-bond donors (Lipinski definition) is 0. The molecule has 0 radical (unpaired) electrons. The van der Waals surface area contributed by atoms with Crippen molar-refractivity contribution in [3.8, 4) is 0 Å². The van der Waals surface area contributed by atoms with Crippen LogP contribution in [0.2, 0.25) is 0 Å². The third kappa shape index (κ3) is 11.5. The molecule has 4 aliphatic heterocycles. The van der Waals surface area contributed by atoms with E-state index >= 15 is 9.59 Å². The molecule has 4 aliphatic rings. The lowest BCUT2D eigenvalue weighted by Gasteiger charge is -2.48. The summed E-state index contributed by atoms with van der Waals surface area (Å²) in [6.45, 7) is 17.3. The van der Waals surface area contributed by atoms with Gasteiger partial charge in [0.15, 0.2) is 23.8 Å². The van der Waals surface area contributed by atoms with Crippen molar-refractivity contribution < 1.29 is 52.4 Å². The van der Waals surface area contributed by atoms with E-state index in [1.54, 1.807) is 49.2 Å². The molecule has 3 aromatic rings. The summed E-state index contributed by atoms with van der Waals surface area (Å²) in [4.78, 5) is 83.0. The lowest BCUT2D eigenvalue weighted by atomic mass is 9.73. The molecule has 5 heterocycles. The minimum absolute atomic E-state index is 0.0266. The molecule has 0 unspecified atom stereocenters. The number of Topliss-reactive ketones (excluding diaryl/α,β-unsaturated/α-hetero) is 2. The molecular weight excluding hydrogens is 893 g/mol. The Kier molecular flexibility index (Phi) is 17.0. The van der Waals surface area contributed by atoms with Crippen LogP contribution in [0.4, 0.5) is 4.79 Å². The zero-order chi connectivity index (χ0) is 50.5. The van der Waals surface area contributed by atoms with Gasteiger partial charge in [-0.3, -0.25) is 19.4 Å². The minimum Gasteiger partial charge on any atom is -0.458 e. The van der Waals surface area contributed by atoms with Crippen molar-refractivity contribution in [1.29, 1.82) is 0 Å². The Morgan fingerprint density at radius 3 is 2.33 bits per heavy atom. The summed E-state index contributed by atoms with van der Waals surface area (Å²) in [5.74, 6) is -5.89. The maximum Gasteiger partial charge on any atom is 0.410 e. The van der Waals surface area contributed by atoms with Gasteiger partial charge in [-0.05, 0) is 123 Å². The number of ketones is 2. The number of fused-ring (bicyclic) bond motifs is 2. The fourth-order valence-electron chi connectivity index (χ4n) is 11.2. The predicted molar refractivity (Wildman–Crippen MR) is 265 cm³/mol. The minimum atomic E-state index is -1.44. The summed E-state index contributed by atoms with van der Waals surface area (Å²) in [6.07, 6.45) is 2.87. The number of carbonyl (C=O) groups is 5. The smallest absolute Gasteiger partial charge is 0.410 e. The first-order valence-corrected chi connectivity index (χ1v) is 25.2. The molecule has 380 valence electrons. The highest BCUT2D eigenvalue weighted by atomic mass is 16.7. The fourth-order valence-corrected chi connectivity index (χ4v) is 11.2. The number of hydrogen-bond acceptors (Lipinski definition) is 14. The number of likely N-dealkylation sites (tertiary alicyclic amines) is 1. The number of aromatic nitrogens is 1. The molecule has 15 nitrogen and oxygen atoms in total. The molecule has 4 fully saturated rings. The van der Waals surface area contributed by atoms with Crippen LogP contribution in [0, 0.1) is 23.7 Å². The number of nitrogens with zero attached hydrogens (tertiary/aromatic N) is 4. The summed E-state index contributed by atoms with van der Waals surface area (Å²) in [5.41, 5.74) is -0.796. The van der Waals surface area contributed by atoms with Crippen molar-refractivity contribution in [2.45, 2.75) is 141 Å². The van der Waals surface area contributed by atoms with E-state index in [2.05, 4.69) is 9.88 Å². The summed E-state index contributed by atoms with van der Waals surface area (Å²) in [7, 11) is 3.79. The van der Waals surface area contributed by atoms with Crippen molar-refractivity contribution in [3.05, 3.63) is 84.1 Å². The van der Waals surface area contributed by atoms with E-state index in [4.69, 9.17) is 28.4 Å². The molecular formula is C55H74N4O11. The largest absolute Gasteiger partial charge is 0.458 e. The molecule has 13 atom stereocenters. The summed E-state index contributed by atoms with van der Waals surface area (Å²) < 4.78 is 39.5. The van der Waals surface area contributed by atoms with Crippen LogP contribution in [0.25, 0.3) is 17.0 Å². The van der Waals surface area contributed by atoms with Crippen LogP contribution < -0.4 is 0 Å². The van der Waals surface area contributed by atoms with Gasteiger partial charge >= 0.3 is 18.0 Å². The third-order valence-electron chi connectivity index (χ3n) is 15.2. The van der Waals surface area contributed by atoms with Crippen molar-refractivity contribution >= 4 is 46.6 Å². The van der Waals surface area contributed by atoms with Crippen molar-refractivity contribution in [2.75, 3.05) is 46.9 Å². The molecule has 1 aromatic heterocycles. The van der Waals surface area contributed by atoms with Gasteiger partial charge in [0.05, 0.1) is 47.6 Å². The molecule has 15 heteroatoms. The molecule has 4 saturated heterocycles. The number of ether oxygens (including phenoxy) is 6. The topological polar surface area (TPSA) is 163 Å². The number of pyridine rings is 1. The average molecular weight is 967 g/mol. The van der Waals surface area contributed by atoms with Gasteiger partial charge < -0.3 is 43.1 Å². The predicted octanol–water partition coefficient (Wildman–Crippen LogP) is 7.78. The number of benzene rings is 2. The van der Waals surface area contributed by atoms with Crippen LogP contribution >= 0.6 is 0 Å². The van der Waals surface area contributed by atoms with E-state index in [9.17, 15) is 14.4 Å². The second kappa shape index (κ2) is 22.6. The van der Waals surface area contributed by atoms with Crippen LogP contribution in [0.5, 0.6) is 0 Å². The molecule has 70 heavy (non-hydrogen) atoms. The second-order valence-electron chi connectivity index (χ2n) is 20.6. The SMILES string of the molecule is CC[C@H]1OC(=O)[C@H](C)C(=O)[C@H](C)[C@@H](O[C@@H]2O[C@H](C)C[C@H](N(C)C)[C@H]2OC(=O)c2ccccc2)[C@](C)(OC/C=C/c2cnc3ccccc3c2)C[C@@H](C)C(=O)[C@H](C)[C@H]2N(CCCN3CCC3)C(=O)O[C@]12C. The van der Waals surface area contributed by atoms with Crippen LogP contribution in [0.3, 0.4) is 0 Å². The quantitative estimate of drug-likeness (QED) is 0.0874. The van der Waals surface area contributed by atoms with Gasteiger partial charge in [0, 0.05) is 35.9 Å². The van der Waals surface area contributed by atoms with Crippen LogP contribution in [0.15, 0.2) is 72.9 Å². The van der Waals surface area contributed by atoms with Crippen LogP contribution in [0.1, 0.15) is 103 Å². The molecule has 0 bridgehead atoms. The lowest BCUT2D eigenvalue weighted by molar-refractivity contribution is -0.296. The van der Waals surface area contributed by atoms with Gasteiger partial charge in [0.1, 0.15) is 17.8 Å². The Balaban J connectivity index is 1.29. The Labute approximate surface area is 413 Å². The van der Waals surface area contributed by atoms with Crippen molar-refractivity contribution in [1.82, 2.24) is 19.7 Å². The van der Waals surface area contributed by atoms with Gasteiger partial charge in [-0.1, -0.05) is 76.2 Å². The number of likely N-dealkylation sites (N-methyl/N-ethyl adjacent to an activating group) is 1. The first-order chi connectivity index (χ1) is 33.3. The van der Waals surface area contributed by atoms with E-state index in [0.29, 0.717) is 24.9 Å². The normalized spacial score (nSPS) is 33.7. The molecule has 0 aliphatic carbocycles. The summed E-state index contributed by atoms with van der Waals surface area (Å²) in [6, 6.07) is 17.4. The van der Waals surface area contributed by atoms with Crippen molar-refractivity contribution in [2.24, 2.45) is 23.7 Å². The maximum atomic E-state index is 15.2. The molecule has 7 rings (SSSR count). The molecule has 0 N–H and O–H groups in total. The molecule has 1 amide bonds. The first-order valence-electron chi connectivity index (χ1n) is 25.2. The van der Waals surface area contributed by atoms with E-state index < -0.39 is 89.3 Å². The van der Waals surface area contributed by atoms with E-state index in [1.807, 2.05) is 102 Å². The van der Waals surface area contributed by atoms with Gasteiger partial charge in [-0.15, -0.1) is 0 Å². The Bertz CT molecular complexity index is 2360. The fraction of sp³-hybridized carbons (Fsp3) is 0.600. The number of carbonyl (C=O) groups excluding carboxylic acids is 5. The maximum absolute atomic E-state index is 15.2. The van der Waals surface area contributed by atoms with E-state index in [-0.39, 0.29) is 37.4 Å². The number of amides is 1. The number of esters is 2. The third-order valence-corrected chi connectivity index (χ3v) is 15.2. The van der Waals surface area contributed by atoms with Crippen LogP contribution in [-0.4, -0.2) is 150 Å². The Hall–Kier alpha value is -5.06. The van der Waals surface area contributed by atoms with Gasteiger partial charge in [0.2, 0.25) is 0 Å². The van der Waals surface area contributed by atoms with Gasteiger partial charge in [0.25, 0.3) is 0 Å². The van der Waals surface area contributed by atoms with Gasteiger partial charge in [-0.2, -0.15) is 0 Å². The standard InChI is InChI=1S/C55H74N4O11/c1-11-44-55(8)48(59(53(64)70-55)28-19-27-58-25-18-26-58)36(4)45(60)34(2)32-54(7,65-29-17-20-39-31-41-23-15-16-24-42(41)56-33-39)49(37(5)46(61)38(6)50(62)67-44)69-52-47(43(57(9)10)30-35(3)66-52)68-51(63)40-21-13-12-14-22-40/h12-17,20-24,31,33-38,43-44,47-49,52H,11,18-19,25-30,32H2,1-10H3/b20-17+/t34-,35-,36+,37+,38-,43+,44-,47-,48-,49-,52+,54-,55-/m1/s1. The monoisotopic (exact) mass is 967 g/mol. The number of cyclic esters (lactones) is 1. The number of rotatable bonds is 14. The highest BCUT2D eigenvalue weighted by Crippen LogP contribution is 2.43. The molecule has 0 saturated carbocycles. The van der Waals surface area contributed by atoms with Crippen LogP contribution in [-0.2, 0) is 42.8 Å². The van der Waals surface area contributed by atoms with Gasteiger partial charge in [-0.25, -0.2) is 9.59 Å². The zero-order valence-corrected chi connectivity index (χ0v) is 42.7. The molecule has 0 spiro atoms. The molecule has 2 aromatic carbocycles.